The molecule has 0 saturated carbocycles. The average molecular weight is 291 g/mol. The third-order valence-corrected chi connectivity index (χ3v) is 4.12. The molecule has 118 valence electrons. The number of aromatic nitrogens is 2. The van der Waals surface area contributed by atoms with Crippen LogP contribution < -0.4 is 5.32 Å². The number of fused-ring (bicyclic) bond motifs is 1. The van der Waals surface area contributed by atoms with Crippen LogP contribution in [0, 0.1) is 0 Å². The van der Waals surface area contributed by atoms with Crippen LogP contribution in [0.5, 0.6) is 0 Å². The van der Waals surface area contributed by atoms with Crippen LogP contribution in [-0.2, 0) is 16.8 Å². The molecule has 21 heavy (non-hydrogen) atoms. The topological polar surface area (TPSA) is 47.0 Å². The van der Waals surface area contributed by atoms with Crippen molar-refractivity contribution in [2.24, 2.45) is 0 Å². The Balaban J connectivity index is 2.27. The van der Waals surface area contributed by atoms with Crippen molar-refractivity contribution in [1.82, 2.24) is 15.3 Å². The highest BCUT2D eigenvalue weighted by Crippen LogP contribution is 2.29. The zero-order chi connectivity index (χ0) is 15.3. The summed E-state index contributed by atoms with van der Waals surface area (Å²) < 4.78 is 5.79. The zero-order valence-electron chi connectivity index (χ0n) is 13.9. The first-order chi connectivity index (χ1) is 10.1. The lowest BCUT2D eigenvalue weighted by atomic mass is 10.0. The third-order valence-electron chi connectivity index (χ3n) is 4.12. The molecule has 1 heterocycles. The van der Waals surface area contributed by atoms with E-state index < -0.39 is 5.60 Å². The third kappa shape index (κ3) is 4.01. The summed E-state index contributed by atoms with van der Waals surface area (Å²) >= 11 is 0. The number of hydrogen-bond acceptors (Lipinski definition) is 4. The van der Waals surface area contributed by atoms with Gasteiger partial charge in [0.15, 0.2) is 5.82 Å². The quantitative estimate of drug-likeness (QED) is 0.815. The van der Waals surface area contributed by atoms with Crippen molar-refractivity contribution in [1.29, 1.82) is 0 Å². The van der Waals surface area contributed by atoms with E-state index in [9.17, 15) is 0 Å². The molecule has 0 bridgehead atoms. The minimum Gasteiger partial charge on any atom is -0.368 e. The largest absolute Gasteiger partial charge is 0.368 e. The predicted octanol–water partition coefficient (Wildman–Crippen LogP) is 3.52. The number of rotatable bonds is 6. The van der Waals surface area contributed by atoms with E-state index in [1.54, 1.807) is 0 Å². The highest BCUT2D eigenvalue weighted by Gasteiger charge is 2.27. The highest BCUT2D eigenvalue weighted by molar-refractivity contribution is 5.24. The molecular weight excluding hydrogens is 262 g/mol. The van der Waals surface area contributed by atoms with Crippen LogP contribution in [0.25, 0.3) is 0 Å². The minimum absolute atomic E-state index is 0.409. The van der Waals surface area contributed by atoms with E-state index in [2.05, 4.69) is 17.2 Å². The standard InChI is InChI=1S/C17H29N3O/c1-5-11-18-14-9-7-8-10-15-13(14)12-19-16(20-15)17(3,4)21-6-2/h12,14,18H,5-11H2,1-4H3. The highest BCUT2D eigenvalue weighted by atomic mass is 16.5. The van der Waals surface area contributed by atoms with E-state index >= 15 is 0 Å². The van der Waals surface area contributed by atoms with Crippen molar-refractivity contribution in [2.75, 3.05) is 13.2 Å². The van der Waals surface area contributed by atoms with Crippen molar-refractivity contribution in [2.45, 2.75) is 71.4 Å². The van der Waals surface area contributed by atoms with Gasteiger partial charge < -0.3 is 10.1 Å². The summed E-state index contributed by atoms with van der Waals surface area (Å²) in [7, 11) is 0. The first-order valence-corrected chi connectivity index (χ1v) is 8.32. The number of nitrogens with zero attached hydrogens (tertiary/aromatic N) is 2. The van der Waals surface area contributed by atoms with Crippen LogP contribution in [0.3, 0.4) is 0 Å². The molecule has 1 aromatic rings. The van der Waals surface area contributed by atoms with Crippen LogP contribution in [-0.4, -0.2) is 23.1 Å². The maximum atomic E-state index is 5.79. The number of ether oxygens (including phenoxy) is 1. The summed E-state index contributed by atoms with van der Waals surface area (Å²) in [5, 5.41) is 3.64. The fraction of sp³-hybridized carbons (Fsp3) is 0.765. The Hall–Kier alpha value is -1.00. The second kappa shape index (κ2) is 7.32. The van der Waals surface area contributed by atoms with Crippen LogP contribution in [0.4, 0.5) is 0 Å². The maximum Gasteiger partial charge on any atom is 0.159 e. The second-order valence-corrected chi connectivity index (χ2v) is 6.29. The van der Waals surface area contributed by atoms with Gasteiger partial charge >= 0.3 is 0 Å². The fourth-order valence-corrected chi connectivity index (χ4v) is 2.96. The zero-order valence-corrected chi connectivity index (χ0v) is 13.9. The Bertz CT molecular complexity index is 459. The van der Waals surface area contributed by atoms with Gasteiger partial charge in [0.05, 0.1) is 0 Å². The van der Waals surface area contributed by atoms with Crippen molar-refractivity contribution in [3.05, 3.63) is 23.3 Å². The van der Waals surface area contributed by atoms with Gasteiger partial charge in [-0.2, -0.15) is 0 Å². The van der Waals surface area contributed by atoms with E-state index in [1.165, 1.54) is 30.5 Å². The average Bonchev–Trinajstić information content (AvgIpc) is 2.66. The molecule has 1 unspecified atom stereocenters. The molecule has 4 nitrogen and oxygen atoms in total. The monoisotopic (exact) mass is 291 g/mol. The molecule has 1 aliphatic rings. The Morgan fingerprint density at radius 1 is 1.33 bits per heavy atom. The summed E-state index contributed by atoms with van der Waals surface area (Å²) in [6, 6.07) is 0.409. The van der Waals surface area contributed by atoms with Crippen LogP contribution in [0.15, 0.2) is 6.20 Å². The van der Waals surface area contributed by atoms with E-state index in [4.69, 9.17) is 9.72 Å². The molecule has 1 atom stereocenters. The molecule has 0 aromatic carbocycles. The van der Waals surface area contributed by atoms with E-state index in [0.29, 0.717) is 12.6 Å². The Labute approximate surface area is 128 Å². The fourth-order valence-electron chi connectivity index (χ4n) is 2.96. The molecule has 1 aliphatic carbocycles. The van der Waals surface area contributed by atoms with Gasteiger partial charge in [-0.25, -0.2) is 9.97 Å². The van der Waals surface area contributed by atoms with Crippen LogP contribution in [0.2, 0.25) is 0 Å². The lowest BCUT2D eigenvalue weighted by Crippen LogP contribution is -2.27. The van der Waals surface area contributed by atoms with Crippen molar-refractivity contribution in [3.8, 4) is 0 Å². The van der Waals surface area contributed by atoms with Crippen LogP contribution in [0.1, 0.15) is 76.5 Å². The SMILES string of the molecule is CCCNC1CCCCc2nc(C(C)(C)OCC)ncc21. The van der Waals surface area contributed by atoms with Gasteiger partial charge in [0.2, 0.25) is 0 Å². The minimum atomic E-state index is -0.414. The lowest BCUT2D eigenvalue weighted by Gasteiger charge is -2.25. The van der Waals surface area contributed by atoms with Crippen molar-refractivity contribution >= 4 is 0 Å². The van der Waals surface area contributed by atoms with Gasteiger partial charge in [0, 0.05) is 30.1 Å². The lowest BCUT2D eigenvalue weighted by molar-refractivity contribution is -0.0210. The summed E-state index contributed by atoms with van der Waals surface area (Å²) in [6.45, 7) is 10.0. The van der Waals surface area contributed by atoms with Gasteiger partial charge in [-0.3, -0.25) is 0 Å². The van der Waals surface area contributed by atoms with Crippen LogP contribution >= 0.6 is 0 Å². The molecular formula is C17H29N3O. The molecule has 0 saturated heterocycles. The van der Waals surface area contributed by atoms with E-state index in [0.717, 1.165) is 25.2 Å². The molecule has 0 radical (unpaired) electrons. The predicted molar refractivity (Wildman–Crippen MR) is 85.3 cm³/mol. The van der Waals surface area contributed by atoms with E-state index in [1.807, 2.05) is 27.0 Å². The second-order valence-electron chi connectivity index (χ2n) is 6.29. The number of nitrogens with one attached hydrogen (secondary N) is 1. The Morgan fingerprint density at radius 2 is 2.14 bits per heavy atom. The summed E-state index contributed by atoms with van der Waals surface area (Å²) in [5.74, 6) is 0.805. The molecule has 1 aromatic heterocycles. The van der Waals surface area contributed by atoms with Gasteiger partial charge in [0.25, 0.3) is 0 Å². The number of hydrogen-bond donors (Lipinski definition) is 1. The first kappa shape index (κ1) is 16.4. The van der Waals surface area contributed by atoms with Gasteiger partial charge in [-0.1, -0.05) is 13.3 Å². The molecule has 0 spiro atoms. The van der Waals surface area contributed by atoms with E-state index in [-0.39, 0.29) is 0 Å². The smallest absolute Gasteiger partial charge is 0.159 e. The van der Waals surface area contributed by atoms with Crippen molar-refractivity contribution in [3.63, 3.8) is 0 Å². The molecule has 0 amide bonds. The van der Waals surface area contributed by atoms with Crippen molar-refractivity contribution < 1.29 is 4.74 Å². The summed E-state index contributed by atoms with van der Waals surface area (Å²) in [4.78, 5) is 9.45. The molecule has 0 aliphatic heterocycles. The summed E-state index contributed by atoms with van der Waals surface area (Å²) in [6.07, 6.45) is 7.88. The Kier molecular flexibility index (Phi) is 5.71. The van der Waals surface area contributed by atoms with Gasteiger partial charge in [-0.15, -0.1) is 0 Å². The van der Waals surface area contributed by atoms with Gasteiger partial charge in [0.1, 0.15) is 5.60 Å². The number of aryl methyl sites for hydroxylation is 1. The molecule has 2 rings (SSSR count). The normalized spacial score (nSPS) is 19.1. The maximum absolute atomic E-state index is 5.79. The first-order valence-electron chi connectivity index (χ1n) is 8.32. The molecule has 0 fully saturated rings. The summed E-state index contributed by atoms with van der Waals surface area (Å²) in [5.41, 5.74) is 2.08. The Morgan fingerprint density at radius 3 is 2.86 bits per heavy atom. The van der Waals surface area contributed by atoms with Gasteiger partial charge in [-0.05, 0) is 53.0 Å². The molecule has 1 N–H and O–H groups in total. The molecule has 4 heteroatoms.